The van der Waals surface area contributed by atoms with E-state index < -0.39 is 0 Å². The Morgan fingerprint density at radius 3 is 2.50 bits per heavy atom. The predicted octanol–water partition coefficient (Wildman–Crippen LogP) is 2.98. The van der Waals surface area contributed by atoms with E-state index in [-0.39, 0.29) is 11.9 Å². The Bertz CT molecular complexity index is 536. The number of fused-ring (bicyclic) bond motifs is 1. The van der Waals surface area contributed by atoms with Crippen LogP contribution in [0.15, 0.2) is 24.3 Å². The molecule has 0 saturated heterocycles. The normalized spacial score (nSPS) is 21.3. The molecular formula is C19H28N2O. The Kier molecular flexibility index (Phi) is 4.53. The molecule has 1 aliphatic carbocycles. The number of nitrogens with one attached hydrogen (secondary N) is 1. The number of benzene rings is 1. The topological polar surface area (TPSA) is 32.3 Å². The highest BCUT2D eigenvalue weighted by Gasteiger charge is 2.34. The number of carbonyl (C=O) groups is 1. The highest BCUT2D eigenvalue weighted by Crippen LogP contribution is 2.32. The first kappa shape index (κ1) is 15.5. The minimum Gasteiger partial charge on any atom is -0.352 e. The van der Waals surface area contributed by atoms with Gasteiger partial charge in [-0.3, -0.25) is 9.69 Å². The number of carbonyl (C=O) groups excluding carboxylic acids is 1. The fourth-order valence-electron chi connectivity index (χ4n) is 3.67. The summed E-state index contributed by atoms with van der Waals surface area (Å²) in [7, 11) is 0. The molecule has 0 unspecified atom stereocenters. The lowest BCUT2D eigenvalue weighted by atomic mass is 9.94. The quantitative estimate of drug-likeness (QED) is 0.906. The summed E-state index contributed by atoms with van der Waals surface area (Å²) in [5, 5.41) is 3.26. The van der Waals surface area contributed by atoms with E-state index in [1.807, 2.05) is 0 Å². The van der Waals surface area contributed by atoms with E-state index in [1.165, 1.54) is 24.0 Å². The molecule has 1 heterocycles. The Labute approximate surface area is 134 Å². The second-order valence-electron chi connectivity index (χ2n) is 7.31. The van der Waals surface area contributed by atoms with Crippen LogP contribution in [0.5, 0.6) is 0 Å². The summed E-state index contributed by atoms with van der Waals surface area (Å²) in [6, 6.07) is 8.93. The van der Waals surface area contributed by atoms with Crippen LogP contribution < -0.4 is 5.32 Å². The molecule has 1 amide bonds. The standard InChI is InChI=1S/C19H28N2O/c1-13(2)18(19(22)20-14(3)15-8-9-15)21-11-10-16-6-4-5-7-17(16)12-21/h4-7,13-15,18H,8-12H2,1-3H3,(H,20,22)/t14-,18-/m1/s1. The Hall–Kier alpha value is -1.35. The second-order valence-corrected chi connectivity index (χ2v) is 7.31. The van der Waals surface area contributed by atoms with Crippen molar-refractivity contribution in [2.75, 3.05) is 6.54 Å². The van der Waals surface area contributed by atoms with Crippen molar-refractivity contribution in [3.05, 3.63) is 35.4 Å². The molecule has 1 N–H and O–H groups in total. The molecular weight excluding hydrogens is 272 g/mol. The van der Waals surface area contributed by atoms with Crippen molar-refractivity contribution >= 4 is 5.91 Å². The van der Waals surface area contributed by atoms with Gasteiger partial charge in [0.1, 0.15) is 0 Å². The summed E-state index contributed by atoms with van der Waals surface area (Å²) < 4.78 is 0. The molecule has 1 aromatic rings. The molecule has 0 bridgehead atoms. The summed E-state index contributed by atoms with van der Waals surface area (Å²) in [6.07, 6.45) is 3.58. The number of hydrogen-bond donors (Lipinski definition) is 1. The number of nitrogens with zero attached hydrogens (tertiary/aromatic N) is 1. The van der Waals surface area contributed by atoms with E-state index in [2.05, 4.69) is 55.3 Å². The summed E-state index contributed by atoms with van der Waals surface area (Å²) >= 11 is 0. The van der Waals surface area contributed by atoms with Crippen LogP contribution >= 0.6 is 0 Å². The monoisotopic (exact) mass is 300 g/mol. The molecule has 3 heteroatoms. The lowest BCUT2D eigenvalue weighted by Crippen LogP contribution is -2.53. The number of hydrogen-bond acceptors (Lipinski definition) is 2. The van der Waals surface area contributed by atoms with Gasteiger partial charge < -0.3 is 5.32 Å². The lowest BCUT2D eigenvalue weighted by Gasteiger charge is -2.37. The third kappa shape index (κ3) is 3.35. The van der Waals surface area contributed by atoms with Crippen molar-refractivity contribution in [1.29, 1.82) is 0 Å². The summed E-state index contributed by atoms with van der Waals surface area (Å²) in [5.74, 6) is 1.25. The minimum absolute atomic E-state index is 0.0189. The molecule has 3 rings (SSSR count). The molecule has 120 valence electrons. The Morgan fingerprint density at radius 2 is 1.86 bits per heavy atom. The van der Waals surface area contributed by atoms with Crippen LogP contribution in [0.2, 0.25) is 0 Å². The highest BCUT2D eigenvalue weighted by molar-refractivity contribution is 5.82. The van der Waals surface area contributed by atoms with E-state index >= 15 is 0 Å². The van der Waals surface area contributed by atoms with Crippen molar-refractivity contribution in [2.45, 2.75) is 58.7 Å². The average molecular weight is 300 g/mol. The third-order valence-corrected chi connectivity index (χ3v) is 5.15. The molecule has 2 aliphatic rings. The van der Waals surface area contributed by atoms with Gasteiger partial charge in [-0.2, -0.15) is 0 Å². The van der Waals surface area contributed by atoms with Crippen LogP contribution in [0.25, 0.3) is 0 Å². The maximum absolute atomic E-state index is 12.8. The molecule has 2 atom stereocenters. The van der Waals surface area contributed by atoms with E-state index in [0.29, 0.717) is 17.9 Å². The zero-order chi connectivity index (χ0) is 15.7. The SMILES string of the molecule is CC(C)[C@H](C(=O)N[C@H](C)C1CC1)N1CCc2ccccc2C1. The summed E-state index contributed by atoms with van der Waals surface area (Å²) in [5.41, 5.74) is 2.82. The zero-order valence-corrected chi connectivity index (χ0v) is 14.0. The van der Waals surface area contributed by atoms with E-state index in [9.17, 15) is 4.79 Å². The smallest absolute Gasteiger partial charge is 0.237 e. The van der Waals surface area contributed by atoms with Crippen molar-refractivity contribution in [1.82, 2.24) is 10.2 Å². The Balaban J connectivity index is 1.70. The minimum atomic E-state index is -0.0189. The first-order chi connectivity index (χ1) is 10.6. The third-order valence-electron chi connectivity index (χ3n) is 5.15. The van der Waals surface area contributed by atoms with Crippen LogP contribution in [0, 0.1) is 11.8 Å². The van der Waals surface area contributed by atoms with Gasteiger partial charge in [0.25, 0.3) is 0 Å². The number of amides is 1. The molecule has 3 nitrogen and oxygen atoms in total. The molecule has 1 aliphatic heterocycles. The van der Waals surface area contributed by atoms with Crippen LogP contribution in [0.4, 0.5) is 0 Å². The zero-order valence-electron chi connectivity index (χ0n) is 14.0. The first-order valence-corrected chi connectivity index (χ1v) is 8.67. The van der Waals surface area contributed by atoms with Gasteiger partial charge in [0.2, 0.25) is 5.91 Å². The van der Waals surface area contributed by atoms with Gasteiger partial charge in [-0.25, -0.2) is 0 Å². The van der Waals surface area contributed by atoms with Crippen LogP contribution in [-0.4, -0.2) is 29.4 Å². The summed E-state index contributed by atoms with van der Waals surface area (Å²) in [6.45, 7) is 8.34. The fourth-order valence-corrected chi connectivity index (χ4v) is 3.67. The van der Waals surface area contributed by atoms with Crippen molar-refractivity contribution < 1.29 is 4.79 Å². The molecule has 22 heavy (non-hydrogen) atoms. The first-order valence-electron chi connectivity index (χ1n) is 8.67. The largest absolute Gasteiger partial charge is 0.352 e. The molecule has 0 aromatic heterocycles. The molecule has 0 spiro atoms. The Morgan fingerprint density at radius 1 is 1.18 bits per heavy atom. The molecule has 1 aromatic carbocycles. The van der Waals surface area contributed by atoms with Crippen molar-refractivity contribution in [2.24, 2.45) is 11.8 Å². The van der Waals surface area contributed by atoms with Gasteiger partial charge in [0.15, 0.2) is 0 Å². The lowest BCUT2D eigenvalue weighted by molar-refractivity contribution is -0.129. The van der Waals surface area contributed by atoms with Gasteiger partial charge in [0.05, 0.1) is 6.04 Å². The maximum Gasteiger partial charge on any atom is 0.237 e. The van der Waals surface area contributed by atoms with Gasteiger partial charge >= 0.3 is 0 Å². The maximum atomic E-state index is 12.8. The van der Waals surface area contributed by atoms with Gasteiger partial charge in [-0.15, -0.1) is 0 Å². The summed E-state index contributed by atoms with van der Waals surface area (Å²) in [4.78, 5) is 15.1. The fraction of sp³-hybridized carbons (Fsp3) is 0.632. The molecule has 1 fully saturated rings. The van der Waals surface area contributed by atoms with Crippen molar-refractivity contribution in [3.8, 4) is 0 Å². The van der Waals surface area contributed by atoms with Gasteiger partial charge in [-0.1, -0.05) is 38.1 Å². The van der Waals surface area contributed by atoms with Crippen LogP contribution in [-0.2, 0) is 17.8 Å². The van der Waals surface area contributed by atoms with Crippen LogP contribution in [0.1, 0.15) is 44.7 Å². The molecule has 1 saturated carbocycles. The van der Waals surface area contributed by atoms with E-state index in [1.54, 1.807) is 0 Å². The van der Waals surface area contributed by atoms with E-state index in [4.69, 9.17) is 0 Å². The van der Waals surface area contributed by atoms with Gasteiger partial charge in [0, 0.05) is 19.1 Å². The van der Waals surface area contributed by atoms with Gasteiger partial charge in [-0.05, 0) is 49.1 Å². The second kappa shape index (κ2) is 6.41. The highest BCUT2D eigenvalue weighted by atomic mass is 16.2. The van der Waals surface area contributed by atoms with Crippen molar-refractivity contribution in [3.63, 3.8) is 0 Å². The number of rotatable bonds is 5. The average Bonchev–Trinajstić information content (AvgIpc) is 3.31. The molecule has 0 radical (unpaired) electrons. The van der Waals surface area contributed by atoms with E-state index in [0.717, 1.165) is 19.5 Å². The predicted molar refractivity (Wildman–Crippen MR) is 89.5 cm³/mol. The van der Waals surface area contributed by atoms with Crippen LogP contribution in [0.3, 0.4) is 0 Å².